The summed E-state index contributed by atoms with van der Waals surface area (Å²) >= 11 is 0. The molecule has 0 heterocycles. The number of amides is 1. The fraction of sp³-hybridized carbons (Fsp3) is 0.500. The van der Waals surface area contributed by atoms with E-state index in [0.29, 0.717) is 6.42 Å². The molecule has 1 aromatic carbocycles. The first-order valence-corrected chi connectivity index (χ1v) is 8.32. The van der Waals surface area contributed by atoms with Crippen LogP contribution in [0.2, 0.25) is 0 Å². The maximum absolute atomic E-state index is 11.3. The van der Waals surface area contributed by atoms with Crippen LogP contribution in [0.1, 0.15) is 37.7 Å². The molecule has 0 aliphatic carbocycles. The molecule has 2 atom stereocenters. The van der Waals surface area contributed by atoms with Crippen LogP contribution >= 0.6 is 8.46 Å². The number of carboxylic acid groups (broad SMARTS) is 1. The van der Waals surface area contributed by atoms with Gasteiger partial charge in [-0.05, 0) is 37.7 Å². The topological polar surface area (TPSA) is 118 Å². The van der Waals surface area contributed by atoms with Crippen LogP contribution in [0.4, 0.5) is 0 Å². The predicted molar refractivity (Wildman–Crippen MR) is 86.1 cm³/mol. The zero-order chi connectivity index (χ0) is 17.3. The second-order valence-electron chi connectivity index (χ2n) is 5.56. The van der Waals surface area contributed by atoms with E-state index in [1.807, 2.05) is 30.3 Å². The summed E-state index contributed by atoms with van der Waals surface area (Å²) in [6.07, 6.45) is 1.85. The molecule has 7 heteroatoms. The number of hydrogen-bond acceptors (Lipinski definition) is 4. The van der Waals surface area contributed by atoms with Gasteiger partial charge in [0.25, 0.3) is 0 Å². The first kappa shape index (κ1) is 19.3. The zero-order valence-electron chi connectivity index (χ0n) is 12.9. The molecule has 1 amide bonds. The van der Waals surface area contributed by atoms with Crippen molar-refractivity contribution in [2.75, 3.05) is 0 Å². The molecule has 0 aliphatic rings. The van der Waals surface area contributed by atoms with Gasteiger partial charge in [-0.2, -0.15) is 0 Å². The summed E-state index contributed by atoms with van der Waals surface area (Å²) in [6.45, 7) is 0. The fourth-order valence-electron chi connectivity index (χ4n) is 2.48. The van der Waals surface area contributed by atoms with Gasteiger partial charge in [0.15, 0.2) is 13.8 Å². The Morgan fingerprint density at radius 1 is 1.22 bits per heavy atom. The van der Waals surface area contributed by atoms with Crippen molar-refractivity contribution in [3.63, 3.8) is 0 Å². The molecule has 0 aromatic heterocycles. The van der Waals surface area contributed by atoms with Gasteiger partial charge in [0.1, 0.15) is 0 Å². The van der Waals surface area contributed by atoms with Crippen molar-refractivity contribution in [3.8, 4) is 0 Å². The van der Waals surface area contributed by atoms with Crippen molar-refractivity contribution in [2.24, 2.45) is 11.7 Å². The monoisotopic (exact) mass is 339 g/mol. The lowest BCUT2D eigenvalue weighted by atomic mass is 9.91. The Labute approximate surface area is 136 Å². The average Bonchev–Trinajstić information content (AvgIpc) is 2.52. The lowest BCUT2D eigenvalue weighted by Gasteiger charge is -2.27. The summed E-state index contributed by atoms with van der Waals surface area (Å²) in [4.78, 5) is 22.1. The van der Waals surface area contributed by atoms with E-state index in [0.717, 1.165) is 18.4 Å². The van der Waals surface area contributed by atoms with E-state index >= 15 is 0 Å². The molecular weight excluding hydrogens is 317 g/mol. The van der Waals surface area contributed by atoms with Gasteiger partial charge >= 0.3 is 5.97 Å². The average molecular weight is 339 g/mol. The Balaban J connectivity index is 2.57. The van der Waals surface area contributed by atoms with Gasteiger partial charge in [0.05, 0.1) is 5.92 Å². The quantitative estimate of drug-likeness (QED) is 0.422. The number of aliphatic hydroxyl groups is 1. The number of unbranched alkanes of at least 4 members (excludes halogenated alkanes) is 1. The molecule has 0 saturated carbocycles. The number of aliphatic carboxylic acids is 1. The van der Waals surface area contributed by atoms with Crippen LogP contribution in [0.5, 0.6) is 0 Å². The minimum atomic E-state index is -1.88. The van der Waals surface area contributed by atoms with Crippen LogP contribution < -0.4 is 5.73 Å². The molecule has 126 valence electrons. The zero-order valence-corrected chi connectivity index (χ0v) is 13.7. The second-order valence-corrected chi connectivity index (χ2v) is 6.52. The number of carbonyl (C=O) groups excluding carboxylic acids is 1. The number of benzene rings is 1. The van der Waals surface area contributed by atoms with Crippen molar-refractivity contribution < 1.29 is 24.4 Å². The van der Waals surface area contributed by atoms with Crippen molar-refractivity contribution in [1.29, 1.82) is 0 Å². The number of primary amides is 1. The third kappa shape index (κ3) is 6.47. The fourth-order valence-corrected chi connectivity index (χ4v) is 3.10. The van der Waals surface area contributed by atoms with Crippen LogP contribution in [-0.4, -0.2) is 27.4 Å². The van der Waals surface area contributed by atoms with E-state index in [1.165, 1.54) is 0 Å². The molecule has 0 bridgehead atoms. The Kier molecular flexibility index (Phi) is 7.86. The van der Waals surface area contributed by atoms with Gasteiger partial charge in [0.2, 0.25) is 5.91 Å². The molecule has 0 spiro atoms. The van der Waals surface area contributed by atoms with E-state index in [2.05, 4.69) is 0 Å². The van der Waals surface area contributed by atoms with E-state index in [-0.39, 0.29) is 19.3 Å². The summed E-state index contributed by atoms with van der Waals surface area (Å²) in [6, 6.07) is 9.78. The number of hydrogen-bond donors (Lipinski definition) is 3. The number of nitrogens with two attached hydrogens (primary N) is 1. The standard InChI is InChI=1S/C16H22NO5P/c17-14(18)10-9-13(15(19)20)16(21,23-22)11-5-4-8-12-6-2-1-3-7-12/h1-3,6-7,13,21H,4-5,8-11H2,(H2,17,18)(H,19,20). The third-order valence-electron chi connectivity index (χ3n) is 3.80. The summed E-state index contributed by atoms with van der Waals surface area (Å²) in [7, 11) is -0.646. The van der Waals surface area contributed by atoms with E-state index < -0.39 is 31.6 Å². The molecule has 6 nitrogen and oxygen atoms in total. The number of rotatable bonds is 11. The predicted octanol–water partition coefficient (Wildman–Crippen LogP) is 2.35. The largest absolute Gasteiger partial charge is 0.481 e. The minimum Gasteiger partial charge on any atom is -0.481 e. The van der Waals surface area contributed by atoms with E-state index in [9.17, 15) is 24.4 Å². The minimum absolute atomic E-state index is 0.0839. The van der Waals surface area contributed by atoms with Gasteiger partial charge in [-0.15, -0.1) is 0 Å². The van der Waals surface area contributed by atoms with Crippen LogP contribution in [0.25, 0.3) is 0 Å². The van der Waals surface area contributed by atoms with Gasteiger partial charge in [0, 0.05) is 6.42 Å². The van der Waals surface area contributed by atoms with Gasteiger partial charge in [-0.1, -0.05) is 30.3 Å². The Bertz CT molecular complexity index is 537. The highest BCUT2D eigenvalue weighted by molar-refractivity contribution is 7.25. The SMILES string of the molecule is NC(=O)CCC(C(=O)O)C(O)(CCCCc1ccccc1)P=O. The Morgan fingerprint density at radius 3 is 2.39 bits per heavy atom. The molecule has 0 aliphatic heterocycles. The summed E-state index contributed by atoms with van der Waals surface area (Å²) < 4.78 is 11.3. The first-order valence-electron chi connectivity index (χ1n) is 7.51. The highest BCUT2D eigenvalue weighted by atomic mass is 31.1. The lowest BCUT2D eigenvalue weighted by molar-refractivity contribution is -0.148. The molecule has 1 aromatic rings. The smallest absolute Gasteiger partial charge is 0.310 e. The molecular formula is C16H22NO5P. The van der Waals surface area contributed by atoms with Crippen molar-refractivity contribution in [2.45, 2.75) is 43.9 Å². The molecule has 4 N–H and O–H groups in total. The van der Waals surface area contributed by atoms with E-state index in [1.54, 1.807) is 0 Å². The van der Waals surface area contributed by atoms with Crippen molar-refractivity contribution in [1.82, 2.24) is 0 Å². The Hall–Kier alpha value is -1.78. The molecule has 0 saturated heterocycles. The molecule has 0 radical (unpaired) electrons. The van der Waals surface area contributed by atoms with E-state index in [4.69, 9.17) is 5.73 Å². The second kappa shape index (κ2) is 9.38. The number of carboxylic acids is 1. The maximum Gasteiger partial charge on any atom is 0.310 e. The normalized spacial score (nSPS) is 15.0. The highest BCUT2D eigenvalue weighted by Gasteiger charge is 2.42. The molecule has 23 heavy (non-hydrogen) atoms. The van der Waals surface area contributed by atoms with Crippen LogP contribution in [0.15, 0.2) is 30.3 Å². The van der Waals surface area contributed by atoms with Gasteiger partial charge in [-0.25, -0.2) is 0 Å². The summed E-state index contributed by atoms with van der Waals surface area (Å²) in [5.74, 6) is -3.21. The highest BCUT2D eigenvalue weighted by Crippen LogP contribution is 2.37. The summed E-state index contributed by atoms with van der Waals surface area (Å²) in [5.41, 5.74) is 6.17. The van der Waals surface area contributed by atoms with Crippen LogP contribution in [0.3, 0.4) is 0 Å². The number of aryl methyl sites for hydroxylation is 1. The van der Waals surface area contributed by atoms with Crippen LogP contribution in [-0.2, 0) is 20.6 Å². The van der Waals surface area contributed by atoms with Crippen molar-refractivity contribution in [3.05, 3.63) is 35.9 Å². The number of carbonyl (C=O) groups is 2. The summed E-state index contributed by atoms with van der Waals surface area (Å²) in [5, 5.41) is 17.8. The molecule has 2 unspecified atom stereocenters. The van der Waals surface area contributed by atoms with Crippen LogP contribution in [0, 0.1) is 5.92 Å². The molecule has 0 fully saturated rings. The van der Waals surface area contributed by atoms with Gasteiger partial charge in [-0.3, -0.25) is 14.2 Å². The third-order valence-corrected chi connectivity index (χ3v) is 4.65. The lowest BCUT2D eigenvalue weighted by Crippen LogP contribution is -2.38. The Morgan fingerprint density at radius 2 is 1.87 bits per heavy atom. The first-order chi connectivity index (χ1) is 10.9. The van der Waals surface area contributed by atoms with Gasteiger partial charge < -0.3 is 15.9 Å². The molecule has 1 rings (SSSR count). The maximum atomic E-state index is 11.3. The van der Waals surface area contributed by atoms with Crippen molar-refractivity contribution >= 4 is 20.3 Å².